The van der Waals surface area contributed by atoms with Crippen molar-refractivity contribution in [1.29, 1.82) is 0 Å². The highest BCUT2D eigenvalue weighted by molar-refractivity contribution is 5.76. The van der Waals surface area contributed by atoms with E-state index in [0.29, 0.717) is 19.1 Å². The van der Waals surface area contributed by atoms with Gasteiger partial charge in [-0.2, -0.15) is 0 Å². The van der Waals surface area contributed by atoms with Gasteiger partial charge in [-0.3, -0.25) is 9.69 Å². The largest absolute Gasteiger partial charge is 0.384 e. The average Bonchev–Trinajstić information content (AvgIpc) is 2.67. The van der Waals surface area contributed by atoms with Crippen molar-refractivity contribution in [3.8, 4) is 0 Å². The summed E-state index contributed by atoms with van der Waals surface area (Å²) in [5, 5.41) is 0. The monoisotopic (exact) mass is 381 g/mol. The van der Waals surface area contributed by atoms with Gasteiger partial charge in [-0.15, -0.1) is 0 Å². The molecule has 0 aliphatic carbocycles. The van der Waals surface area contributed by atoms with Crippen LogP contribution in [0.4, 0.5) is 0 Å². The molecule has 0 aromatic carbocycles. The van der Waals surface area contributed by atoms with E-state index in [2.05, 4.69) is 23.6 Å². The first-order chi connectivity index (χ1) is 13.0. The molecule has 27 heavy (non-hydrogen) atoms. The van der Waals surface area contributed by atoms with Crippen LogP contribution < -0.4 is 0 Å². The predicted octanol–water partition coefficient (Wildman–Crippen LogP) is 1.84. The molecule has 3 fully saturated rings. The minimum atomic E-state index is -0.00395. The first kappa shape index (κ1) is 21.0. The number of piperazine rings is 1. The Morgan fingerprint density at radius 1 is 1.15 bits per heavy atom. The van der Waals surface area contributed by atoms with Crippen LogP contribution in [-0.2, 0) is 14.3 Å². The van der Waals surface area contributed by atoms with Crippen molar-refractivity contribution in [3.63, 3.8) is 0 Å². The highest BCUT2D eigenvalue weighted by atomic mass is 16.5. The third-order valence-electron chi connectivity index (χ3n) is 6.56. The molecule has 3 rings (SSSR count). The van der Waals surface area contributed by atoms with Gasteiger partial charge in [0.1, 0.15) is 0 Å². The van der Waals surface area contributed by atoms with Gasteiger partial charge in [0.2, 0.25) is 5.91 Å². The van der Waals surface area contributed by atoms with Gasteiger partial charge < -0.3 is 19.3 Å². The van der Waals surface area contributed by atoms with E-state index < -0.39 is 0 Å². The second kappa shape index (κ2) is 9.68. The predicted molar refractivity (Wildman–Crippen MR) is 107 cm³/mol. The standard InChI is InChI=1S/C21H39N3O3/c1-18(2)17-22-10-12-23(13-11-22)19-4-15-27-21(16-19)6-8-24(9-7-21)20(25)5-14-26-3/h18-19H,4-17H2,1-3H3. The maximum atomic E-state index is 12.2. The third kappa shape index (κ3) is 5.66. The number of amides is 1. The molecule has 1 unspecified atom stereocenters. The third-order valence-corrected chi connectivity index (χ3v) is 6.56. The summed E-state index contributed by atoms with van der Waals surface area (Å²) in [5.41, 5.74) is -0.00395. The molecule has 156 valence electrons. The minimum absolute atomic E-state index is 0.00395. The molecule has 3 aliphatic rings. The van der Waals surface area contributed by atoms with Crippen molar-refractivity contribution in [2.45, 2.75) is 57.6 Å². The van der Waals surface area contributed by atoms with E-state index in [1.54, 1.807) is 7.11 Å². The van der Waals surface area contributed by atoms with Crippen LogP contribution in [0.1, 0.15) is 46.0 Å². The molecule has 3 heterocycles. The zero-order chi connectivity index (χ0) is 19.3. The van der Waals surface area contributed by atoms with E-state index in [1.165, 1.54) is 32.7 Å². The molecular weight excluding hydrogens is 342 g/mol. The molecule has 0 aromatic rings. The number of nitrogens with zero attached hydrogens (tertiary/aromatic N) is 3. The smallest absolute Gasteiger partial charge is 0.224 e. The van der Waals surface area contributed by atoms with Crippen molar-refractivity contribution in [1.82, 2.24) is 14.7 Å². The number of methoxy groups -OCH3 is 1. The summed E-state index contributed by atoms with van der Waals surface area (Å²) < 4.78 is 11.4. The fourth-order valence-corrected chi connectivity index (χ4v) is 5.00. The van der Waals surface area contributed by atoms with Gasteiger partial charge in [-0.1, -0.05) is 13.8 Å². The first-order valence-electron chi connectivity index (χ1n) is 10.9. The lowest BCUT2D eigenvalue weighted by atomic mass is 9.81. The van der Waals surface area contributed by atoms with E-state index in [1.807, 2.05) is 4.90 Å². The highest BCUT2D eigenvalue weighted by Gasteiger charge is 2.42. The Balaban J connectivity index is 1.47. The van der Waals surface area contributed by atoms with Crippen LogP contribution in [-0.4, -0.2) is 98.4 Å². The molecule has 6 nitrogen and oxygen atoms in total. The van der Waals surface area contributed by atoms with Gasteiger partial charge >= 0.3 is 0 Å². The summed E-state index contributed by atoms with van der Waals surface area (Å²) in [5.74, 6) is 0.972. The number of carbonyl (C=O) groups excluding carboxylic acids is 1. The van der Waals surface area contributed by atoms with Crippen molar-refractivity contribution in [2.75, 3.05) is 66.1 Å². The number of carbonyl (C=O) groups is 1. The van der Waals surface area contributed by atoms with E-state index in [4.69, 9.17) is 9.47 Å². The van der Waals surface area contributed by atoms with Crippen molar-refractivity contribution >= 4 is 5.91 Å². The van der Waals surface area contributed by atoms with Gasteiger partial charge in [-0.05, 0) is 31.6 Å². The lowest BCUT2D eigenvalue weighted by Gasteiger charge is -2.49. The van der Waals surface area contributed by atoms with Crippen molar-refractivity contribution < 1.29 is 14.3 Å². The molecule has 0 N–H and O–H groups in total. The fraction of sp³-hybridized carbons (Fsp3) is 0.952. The summed E-state index contributed by atoms with van der Waals surface area (Å²) in [6.07, 6.45) is 4.75. The Labute approximate surface area is 165 Å². The molecule has 0 aromatic heterocycles. The summed E-state index contributed by atoms with van der Waals surface area (Å²) >= 11 is 0. The summed E-state index contributed by atoms with van der Waals surface area (Å²) in [6, 6.07) is 0.649. The van der Waals surface area contributed by atoms with Gasteiger partial charge in [0.05, 0.1) is 18.6 Å². The van der Waals surface area contributed by atoms with Gasteiger partial charge in [0, 0.05) is 65.6 Å². The van der Waals surface area contributed by atoms with Crippen LogP contribution in [0.2, 0.25) is 0 Å². The number of piperidine rings is 1. The fourth-order valence-electron chi connectivity index (χ4n) is 5.00. The van der Waals surface area contributed by atoms with Gasteiger partial charge in [-0.25, -0.2) is 0 Å². The molecule has 1 amide bonds. The van der Waals surface area contributed by atoms with Crippen LogP contribution in [0.15, 0.2) is 0 Å². The molecule has 0 radical (unpaired) electrons. The number of likely N-dealkylation sites (tertiary alicyclic amines) is 1. The van der Waals surface area contributed by atoms with E-state index in [-0.39, 0.29) is 11.5 Å². The Morgan fingerprint density at radius 2 is 1.85 bits per heavy atom. The SMILES string of the molecule is COCCC(=O)N1CCC2(CC1)CC(N1CCN(CC(C)C)CC1)CCO2. The maximum Gasteiger partial charge on any atom is 0.224 e. The van der Waals surface area contributed by atoms with Crippen LogP contribution >= 0.6 is 0 Å². The molecule has 3 aliphatic heterocycles. The molecule has 0 saturated carbocycles. The normalized spacial score (nSPS) is 27.4. The molecule has 0 bridgehead atoms. The maximum absolute atomic E-state index is 12.2. The van der Waals surface area contributed by atoms with Crippen LogP contribution in [0, 0.1) is 5.92 Å². The summed E-state index contributed by atoms with van der Waals surface area (Å²) in [6.45, 7) is 13.7. The Kier molecular flexibility index (Phi) is 7.54. The highest BCUT2D eigenvalue weighted by Crippen LogP contribution is 2.37. The zero-order valence-electron chi connectivity index (χ0n) is 17.6. The lowest BCUT2D eigenvalue weighted by molar-refractivity contribution is -0.150. The van der Waals surface area contributed by atoms with Crippen molar-refractivity contribution in [3.05, 3.63) is 0 Å². The zero-order valence-corrected chi connectivity index (χ0v) is 17.6. The minimum Gasteiger partial charge on any atom is -0.384 e. The molecule has 6 heteroatoms. The Hall–Kier alpha value is -0.690. The lowest BCUT2D eigenvalue weighted by Crippen LogP contribution is -2.57. The quantitative estimate of drug-likeness (QED) is 0.702. The van der Waals surface area contributed by atoms with Crippen LogP contribution in [0.5, 0.6) is 0 Å². The van der Waals surface area contributed by atoms with E-state index in [0.717, 1.165) is 51.3 Å². The van der Waals surface area contributed by atoms with E-state index >= 15 is 0 Å². The topological polar surface area (TPSA) is 45.2 Å². The molecule has 1 atom stereocenters. The number of hydrogen-bond donors (Lipinski definition) is 0. The van der Waals surface area contributed by atoms with Gasteiger partial charge in [0.25, 0.3) is 0 Å². The second-order valence-electron chi connectivity index (χ2n) is 9.03. The van der Waals surface area contributed by atoms with Gasteiger partial charge in [0.15, 0.2) is 0 Å². The number of rotatable bonds is 6. The number of ether oxygens (including phenoxy) is 2. The van der Waals surface area contributed by atoms with Crippen LogP contribution in [0.25, 0.3) is 0 Å². The number of hydrogen-bond acceptors (Lipinski definition) is 5. The average molecular weight is 382 g/mol. The van der Waals surface area contributed by atoms with E-state index in [9.17, 15) is 4.79 Å². The Morgan fingerprint density at radius 3 is 2.48 bits per heavy atom. The summed E-state index contributed by atoms with van der Waals surface area (Å²) in [7, 11) is 1.65. The molecule has 3 saturated heterocycles. The first-order valence-corrected chi connectivity index (χ1v) is 10.9. The van der Waals surface area contributed by atoms with Crippen molar-refractivity contribution in [2.24, 2.45) is 5.92 Å². The molecule has 1 spiro atoms. The summed E-state index contributed by atoms with van der Waals surface area (Å²) in [4.78, 5) is 19.6. The second-order valence-corrected chi connectivity index (χ2v) is 9.03. The Bertz CT molecular complexity index is 469. The molecular formula is C21H39N3O3. The van der Waals surface area contributed by atoms with Crippen LogP contribution in [0.3, 0.4) is 0 Å².